The molecule has 4 aromatic rings. The number of benzene rings is 4. The molecule has 0 N–H and O–H groups in total. The third kappa shape index (κ3) is 19.8. The van der Waals surface area contributed by atoms with Crippen molar-refractivity contribution >= 4 is 0 Å². The SMILES string of the molecule is Cc1ccc(OCC2CCC(C)CC2)c(F)c1F.Cc1ccc(OCC2CCC(C)CC2)c(F)c1F.Cc1ccc(OCC2CCC(C3CCC(C)CC3)CC2)c(F)c1F.Cc1ccc(OCC2CCC(C3CCC(C)CC3)CC2)c(F)c1F.[HH].[HH].[HH].[HH].[HH].[HH]. The van der Waals surface area contributed by atoms with E-state index >= 15 is 0 Å². The lowest BCUT2D eigenvalue weighted by atomic mass is 9.69. The Labute approximate surface area is 508 Å². The zero-order chi connectivity index (χ0) is 60.5. The molecule has 480 valence electrons. The van der Waals surface area contributed by atoms with Crippen LogP contribution in [0, 0.1) is 145 Å². The number of halogens is 8. The normalized spacial score (nSPS) is 28.0. The van der Waals surface area contributed by atoms with Crippen LogP contribution in [0.5, 0.6) is 23.0 Å². The first-order chi connectivity index (χ1) is 40.2. The van der Waals surface area contributed by atoms with Gasteiger partial charge in [0.1, 0.15) is 0 Å². The Morgan fingerprint density at radius 3 is 0.631 bits per heavy atom. The fraction of sp³-hybridized carbons (Fsp3) is 0.667. The second kappa shape index (κ2) is 33.0. The molecule has 0 aliphatic heterocycles. The maximum Gasteiger partial charge on any atom is 0.200 e. The number of aryl methyl sites for hydroxylation is 4. The fourth-order valence-corrected chi connectivity index (χ4v) is 13.9. The van der Waals surface area contributed by atoms with E-state index in [9.17, 15) is 35.1 Å². The van der Waals surface area contributed by atoms with Crippen LogP contribution in [0.1, 0.15) is 213 Å². The van der Waals surface area contributed by atoms with Crippen molar-refractivity contribution in [2.75, 3.05) is 26.4 Å². The predicted octanol–water partition coefficient (Wildman–Crippen LogP) is 23.0. The molecule has 10 rings (SSSR count). The Morgan fingerprint density at radius 2 is 0.429 bits per heavy atom. The second-order valence-corrected chi connectivity index (χ2v) is 27.1. The maximum absolute atomic E-state index is 13.9. The van der Waals surface area contributed by atoms with Crippen LogP contribution in [0.25, 0.3) is 0 Å². The number of rotatable bonds is 14. The van der Waals surface area contributed by atoms with Gasteiger partial charge in [0.2, 0.25) is 23.3 Å². The molecule has 0 amide bonds. The predicted molar refractivity (Wildman–Crippen MR) is 334 cm³/mol. The van der Waals surface area contributed by atoms with Gasteiger partial charge < -0.3 is 18.9 Å². The van der Waals surface area contributed by atoms with Crippen molar-refractivity contribution in [2.45, 2.75) is 209 Å². The van der Waals surface area contributed by atoms with Crippen molar-refractivity contribution in [3.8, 4) is 23.0 Å². The lowest BCUT2D eigenvalue weighted by Crippen LogP contribution is -2.27. The number of hydrogen-bond donors (Lipinski definition) is 0. The van der Waals surface area contributed by atoms with Crippen molar-refractivity contribution in [1.29, 1.82) is 0 Å². The molecular formula is C72H112F8O4. The highest BCUT2D eigenvalue weighted by molar-refractivity contribution is 5.33. The topological polar surface area (TPSA) is 36.9 Å². The molecule has 0 bridgehead atoms. The minimum Gasteiger partial charge on any atom is -0.490 e. The van der Waals surface area contributed by atoms with Gasteiger partial charge in [-0.05, 0) is 248 Å². The third-order valence-electron chi connectivity index (χ3n) is 20.4. The van der Waals surface area contributed by atoms with Gasteiger partial charge in [0.25, 0.3) is 0 Å². The van der Waals surface area contributed by atoms with E-state index in [2.05, 4.69) is 27.7 Å². The van der Waals surface area contributed by atoms with Gasteiger partial charge in [-0.25, -0.2) is 17.6 Å². The Morgan fingerprint density at radius 1 is 0.262 bits per heavy atom. The largest absolute Gasteiger partial charge is 0.490 e. The van der Waals surface area contributed by atoms with E-state index in [4.69, 9.17) is 18.9 Å². The van der Waals surface area contributed by atoms with Crippen LogP contribution in [-0.2, 0) is 0 Å². The van der Waals surface area contributed by atoms with Crippen LogP contribution in [-0.4, -0.2) is 26.4 Å². The molecule has 12 heteroatoms. The van der Waals surface area contributed by atoms with E-state index < -0.39 is 46.5 Å². The van der Waals surface area contributed by atoms with E-state index in [1.165, 1.54) is 115 Å². The molecule has 84 heavy (non-hydrogen) atoms. The molecule has 0 saturated heterocycles. The molecule has 0 aromatic heterocycles. The van der Waals surface area contributed by atoms with Crippen LogP contribution in [0.4, 0.5) is 35.1 Å². The van der Waals surface area contributed by atoms with Crippen molar-refractivity contribution < 1.29 is 62.6 Å². The van der Waals surface area contributed by atoms with E-state index in [0.717, 1.165) is 98.7 Å². The lowest BCUT2D eigenvalue weighted by molar-refractivity contribution is 0.124. The van der Waals surface area contributed by atoms with Gasteiger partial charge in [0.15, 0.2) is 46.3 Å². The summed E-state index contributed by atoms with van der Waals surface area (Å²) in [6.07, 6.45) is 30.3. The summed E-state index contributed by atoms with van der Waals surface area (Å²) < 4.78 is 131. The molecule has 4 nitrogen and oxygen atoms in total. The molecule has 6 aliphatic carbocycles. The summed E-state index contributed by atoms with van der Waals surface area (Å²) in [4.78, 5) is 0. The highest BCUT2D eigenvalue weighted by atomic mass is 19.2. The van der Waals surface area contributed by atoms with Crippen LogP contribution in [0.3, 0.4) is 0 Å². The van der Waals surface area contributed by atoms with Crippen LogP contribution >= 0.6 is 0 Å². The van der Waals surface area contributed by atoms with Gasteiger partial charge in [-0.15, -0.1) is 0 Å². The average molecular weight is 1190 g/mol. The molecular weight excluding hydrogens is 1080 g/mol. The monoisotopic (exact) mass is 1190 g/mol. The van der Waals surface area contributed by atoms with Gasteiger partial charge in [-0.1, -0.05) is 103 Å². The molecule has 0 radical (unpaired) electrons. The average Bonchev–Trinajstić information content (AvgIpc) is 3.49. The highest BCUT2D eigenvalue weighted by Gasteiger charge is 2.32. The lowest BCUT2D eigenvalue weighted by Gasteiger charge is -2.37. The van der Waals surface area contributed by atoms with E-state index in [1.807, 2.05) is 0 Å². The summed E-state index contributed by atoms with van der Waals surface area (Å²) in [5.74, 6) is 2.50. The second-order valence-electron chi connectivity index (χ2n) is 27.1. The summed E-state index contributed by atoms with van der Waals surface area (Å²) in [6, 6.07) is 12.4. The van der Waals surface area contributed by atoms with Crippen molar-refractivity contribution in [2.24, 2.45) is 71.0 Å². The molecule has 0 atom stereocenters. The Balaban J connectivity index is 0.000000592. The van der Waals surface area contributed by atoms with E-state index in [1.54, 1.807) is 64.1 Å². The van der Waals surface area contributed by atoms with E-state index in [-0.39, 0.29) is 31.6 Å². The Bertz CT molecular complexity index is 2470. The Kier molecular flexibility index (Phi) is 26.4. The van der Waals surface area contributed by atoms with E-state index in [0.29, 0.717) is 72.4 Å². The smallest absolute Gasteiger partial charge is 0.200 e. The van der Waals surface area contributed by atoms with Crippen LogP contribution < -0.4 is 18.9 Å². The zero-order valence-corrected chi connectivity index (χ0v) is 52.0. The van der Waals surface area contributed by atoms with Gasteiger partial charge in [-0.2, -0.15) is 17.6 Å². The van der Waals surface area contributed by atoms with Gasteiger partial charge in [-0.3, -0.25) is 0 Å². The summed E-state index contributed by atoms with van der Waals surface area (Å²) in [5, 5.41) is 0. The first-order valence-electron chi connectivity index (χ1n) is 32.5. The summed E-state index contributed by atoms with van der Waals surface area (Å²) in [6.45, 7) is 17.5. The van der Waals surface area contributed by atoms with Gasteiger partial charge in [0, 0.05) is 8.56 Å². The molecule has 0 spiro atoms. The quantitative estimate of drug-likeness (QED) is 0.118. The summed E-state index contributed by atoms with van der Waals surface area (Å²) >= 11 is 0. The summed E-state index contributed by atoms with van der Waals surface area (Å²) in [5.41, 5.74) is 1.27. The first-order valence-corrected chi connectivity index (χ1v) is 32.5. The number of ether oxygens (including phenoxy) is 4. The third-order valence-corrected chi connectivity index (χ3v) is 20.4. The molecule has 6 saturated carbocycles. The highest BCUT2D eigenvalue weighted by Crippen LogP contribution is 2.43. The maximum atomic E-state index is 13.9. The standard InChI is InChI=1S/2C21H30F2O.2C15H20F2O.6H2/c2*1-14-3-8-17(9-4-14)18-10-6-16(7-11-18)13-24-19-12-5-15(2)20(22)21(19)23;2*1-10-3-6-12(7-4-10)9-18-13-8-5-11(2)14(16)15(13)17;;;;;;/h2*5,12,14,16-18H,3-4,6-11,13H2,1-2H3;2*5,8,10,12H,3-4,6-7,9H2,1-2H3;6*1H. The Hall–Kier alpha value is -4.48. The van der Waals surface area contributed by atoms with Gasteiger partial charge in [0.05, 0.1) is 26.4 Å². The van der Waals surface area contributed by atoms with Crippen molar-refractivity contribution in [3.05, 3.63) is 117 Å². The van der Waals surface area contributed by atoms with Crippen LogP contribution in [0.2, 0.25) is 0 Å². The molecule has 4 aromatic carbocycles. The molecule has 0 heterocycles. The summed E-state index contributed by atoms with van der Waals surface area (Å²) in [7, 11) is 0. The van der Waals surface area contributed by atoms with Crippen molar-refractivity contribution in [1.82, 2.24) is 0 Å². The zero-order valence-electron chi connectivity index (χ0n) is 52.0. The minimum absolute atomic E-state index is 0. The van der Waals surface area contributed by atoms with Crippen LogP contribution in [0.15, 0.2) is 48.5 Å². The minimum atomic E-state index is -0.862. The van der Waals surface area contributed by atoms with Crippen molar-refractivity contribution in [3.63, 3.8) is 0 Å². The fourth-order valence-electron chi connectivity index (χ4n) is 13.9. The number of hydrogen-bond acceptors (Lipinski definition) is 4. The molecule has 0 unspecified atom stereocenters. The van der Waals surface area contributed by atoms with Gasteiger partial charge >= 0.3 is 0 Å². The molecule has 6 fully saturated rings. The first kappa shape index (κ1) is 67.0. The molecule has 6 aliphatic rings.